The molecule has 8 nitrogen and oxygen atoms in total. The largest absolute Gasteiger partial charge is 0.487 e. The van der Waals surface area contributed by atoms with Crippen LogP contribution in [0.3, 0.4) is 0 Å². The van der Waals surface area contributed by atoms with Crippen LogP contribution in [0.15, 0.2) is 48.8 Å². The number of aliphatic hydroxyl groups is 1. The second-order valence-corrected chi connectivity index (χ2v) is 7.82. The first-order valence-electron chi connectivity index (χ1n) is 9.85. The number of ether oxygens (including phenoxy) is 1. The number of amides is 1. The molecule has 32 heavy (non-hydrogen) atoms. The van der Waals surface area contributed by atoms with Crippen LogP contribution in [0.5, 0.6) is 5.75 Å². The molecule has 1 aromatic carbocycles. The first-order valence-corrected chi connectivity index (χ1v) is 10.2. The van der Waals surface area contributed by atoms with E-state index < -0.39 is 11.5 Å². The van der Waals surface area contributed by atoms with E-state index in [0.29, 0.717) is 34.9 Å². The Kier molecular flexibility index (Phi) is 6.24. The van der Waals surface area contributed by atoms with E-state index in [1.165, 1.54) is 30.5 Å². The maximum absolute atomic E-state index is 12.8. The Bertz CT molecular complexity index is 1070. The molecule has 3 heterocycles. The lowest BCUT2D eigenvalue weighted by Gasteiger charge is -2.21. The minimum Gasteiger partial charge on any atom is -0.420 e. The number of pyridine rings is 1. The fraction of sp³-hybridized carbons (Fsp3) is 0.286. The molecule has 1 aliphatic rings. The van der Waals surface area contributed by atoms with Crippen LogP contribution in [0.4, 0.5) is 20.3 Å². The number of anilines is 2. The van der Waals surface area contributed by atoms with Gasteiger partial charge in [-0.1, -0.05) is 0 Å². The van der Waals surface area contributed by atoms with E-state index in [4.69, 9.17) is 11.6 Å². The zero-order chi connectivity index (χ0) is 22.7. The third kappa shape index (κ3) is 5.14. The van der Waals surface area contributed by atoms with Gasteiger partial charge in [0.1, 0.15) is 11.6 Å². The number of carbonyl (C=O) groups excluding carboxylic acids is 1. The predicted molar refractivity (Wildman–Crippen MR) is 115 cm³/mol. The maximum Gasteiger partial charge on any atom is 0.487 e. The number of H-pyrrole nitrogens is 1. The SMILES string of the molecule is O=C(Nc1ccc(OC(F)(F)Cl)cc1)c1cnc(N2CC[C@H](CO)C2)c(-c2ccn[nH]2)c1. The van der Waals surface area contributed by atoms with Crippen molar-refractivity contribution in [1.82, 2.24) is 15.2 Å². The number of rotatable bonds is 7. The van der Waals surface area contributed by atoms with Gasteiger partial charge >= 0.3 is 5.57 Å². The monoisotopic (exact) mass is 463 g/mol. The summed E-state index contributed by atoms with van der Waals surface area (Å²) >= 11 is 4.75. The molecular weight excluding hydrogens is 444 g/mol. The van der Waals surface area contributed by atoms with Crippen molar-refractivity contribution in [1.29, 1.82) is 0 Å². The number of aliphatic hydroxyl groups excluding tert-OH is 1. The number of hydrogen-bond acceptors (Lipinski definition) is 6. The number of carbonyl (C=O) groups is 1. The van der Waals surface area contributed by atoms with Crippen molar-refractivity contribution in [3.63, 3.8) is 0 Å². The molecule has 3 N–H and O–H groups in total. The van der Waals surface area contributed by atoms with Gasteiger partial charge in [0.2, 0.25) is 0 Å². The van der Waals surface area contributed by atoms with Crippen LogP contribution in [-0.4, -0.2) is 51.5 Å². The Morgan fingerprint density at radius 1 is 1.34 bits per heavy atom. The molecule has 11 heteroatoms. The van der Waals surface area contributed by atoms with Gasteiger partial charge in [-0.25, -0.2) is 4.98 Å². The van der Waals surface area contributed by atoms with Crippen LogP contribution in [0, 0.1) is 5.92 Å². The van der Waals surface area contributed by atoms with Crippen molar-refractivity contribution >= 4 is 29.0 Å². The number of nitrogens with one attached hydrogen (secondary N) is 2. The smallest absolute Gasteiger partial charge is 0.420 e. The van der Waals surface area contributed by atoms with Gasteiger partial charge in [0, 0.05) is 60.9 Å². The standard InChI is InChI=1S/C21H20ClF2N5O3/c22-21(23,24)32-16-3-1-15(2-4-16)27-20(31)14-9-17(18-5-7-26-28-18)19(25-10-14)29-8-6-13(11-29)12-30/h1-5,7,9-10,13,30H,6,8,11-12H2,(H,26,28)(H,27,31)/t13-/m0/s1. The van der Waals surface area contributed by atoms with Crippen LogP contribution in [0.2, 0.25) is 0 Å². The van der Waals surface area contributed by atoms with Crippen molar-refractivity contribution in [3.05, 3.63) is 54.4 Å². The van der Waals surface area contributed by atoms with Gasteiger partial charge in [-0.2, -0.15) is 5.10 Å². The molecule has 0 unspecified atom stereocenters. The van der Waals surface area contributed by atoms with Gasteiger partial charge in [-0.05, 0) is 42.8 Å². The predicted octanol–water partition coefficient (Wildman–Crippen LogP) is 3.71. The molecule has 0 bridgehead atoms. The summed E-state index contributed by atoms with van der Waals surface area (Å²) in [5.74, 6) is 0.323. The highest BCUT2D eigenvalue weighted by atomic mass is 35.5. The highest BCUT2D eigenvalue weighted by Gasteiger charge is 2.28. The molecule has 0 radical (unpaired) electrons. The lowest BCUT2D eigenvalue weighted by atomic mass is 10.1. The number of hydrogen-bond donors (Lipinski definition) is 3. The summed E-state index contributed by atoms with van der Waals surface area (Å²) in [7, 11) is 0. The summed E-state index contributed by atoms with van der Waals surface area (Å²) in [5.41, 5.74) is -1.70. The zero-order valence-corrected chi connectivity index (χ0v) is 17.5. The van der Waals surface area contributed by atoms with E-state index in [1.807, 2.05) is 0 Å². The van der Waals surface area contributed by atoms with Crippen LogP contribution in [0.1, 0.15) is 16.8 Å². The quantitative estimate of drug-likeness (QED) is 0.461. The number of halogens is 3. The van der Waals surface area contributed by atoms with Gasteiger partial charge in [0.25, 0.3) is 5.91 Å². The van der Waals surface area contributed by atoms with Crippen LogP contribution in [-0.2, 0) is 0 Å². The Hall–Kier alpha value is -3.24. The second-order valence-electron chi connectivity index (χ2n) is 7.38. The lowest BCUT2D eigenvalue weighted by molar-refractivity contribution is -0.0964. The highest BCUT2D eigenvalue weighted by molar-refractivity contribution is 6.20. The van der Waals surface area contributed by atoms with Gasteiger partial charge in [-0.15, -0.1) is 8.78 Å². The van der Waals surface area contributed by atoms with Crippen LogP contribution >= 0.6 is 11.6 Å². The highest BCUT2D eigenvalue weighted by Crippen LogP contribution is 2.32. The van der Waals surface area contributed by atoms with E-state index in [9.17, 15) is 18.7 Å². The van der Waals surface area contributed by atoms with Gasteiger partial charge in [-0.3, -0.25) is 9.89 Å². The molecule has 1 atom stereocenters. The average Bonchev–Trinajstić information content (AvgIpc) is 3.46. The summed E-state index contributed by atoms with van der Waals surface area (Å²) in [4.78, 5) is 19.4. The van der Waals surface area contributed by atoms with Crippen molar-refractivity contribution in [2.45, 2.75) is 12.0 Å². The summed E-state index contributed by atoms with van der Waals surface area (Å²) in [5, 5.41) is 19.0. The summed E-state index contributed by atoms with van der Waals surface area (Å²) in [6.45, 7) is 1.54. The summed E-state index contributed by atoms with van der Waals surface area (Å²) in [6.07, 6.45) is 3.95. The topological polar surface area (TPSA) is 103 Å². The van der Waals surface area contributed by atoms with Crippen molar-refractivity contribution in [2.75, 3.05) is 29.9 Å². The zero-order valence-electron chi connectivity index (χ0n) is 16.8. The van der Waals surface area contributed by atoms with Gasteiger partial charge in [0.05, 0.1) is 11.3 Å². The van der Waals surface area contributed by atoms with Gasteiger partial charge in [0.15, 0.2) is 0 Å². The number of aromatic nitrogens is 3. The molecule has 2 aromatic heterocycles. The molecule has 168 valence electrons. The molecule has 1 fully saturated rings. The summed E-state index contributed by atoms with van der Waals surface area (Å²) in [6, 6.07) is 8.89. The van der Waals surface area contributed by atoms with E-state index >= 15 is 0 Å². The minimum atomic E-state index is -3.81. The molecule has 4 rings (SSSR count). The first kappa shape index (κ1) is 22.0. The Morgan fingerprint density at radius 3 is 2.75 bits per heavy atom. The van der Waals surface area contributed by atoms with Crippen molar-refractivity contribution < 1.29 is 23.4 Å². The third-order valence-corrected chi connectivity index (χ3v) is 5.19. The van der Waals surface area contributed by atoms with E-state index in [-0.39, 0.29) is 18.3 Å². The molecule has 1 saturated heterocycles. The maximum atomic E-state index is 12.8. The molecule has 1 aliphatic heterocycles. The number of aromatic amines is 1. The second kappa shape index (κ2) is 9.09. The molecular formula is C21H20ClF2N5O3. The molecule has 3 aromatic rings. The van der Waals surface area contributed by atoms with Crippen LogP contribution in [0.25, 0.3) is 11.3 Å². The van der Waals surface area contributed by atoms with Gasteiger partial charge < -0.3 is 20.1 Å². The normalized spacial score (nSPS) is 16.2. The average molecular weight is 464 g/mol. The fourth-order valence-electron chi connectivity index (χ4n) is 3.56. The minimum absolute atomic E-state index is 0.114. The van der Waals surface area contributed by atoms with Crippen molar-refractivity contribution in [2.24, 2.45) is 5.92 Å². The number of alkyl halides is 3. The molecule has 1 amide bonds. The summed E-state index contributed by atoms with van der Waals surface area (Å²) < 4.78 is 29.7. The Labute approximate surface area is 187 Å². The first-order chi connectivity index (χ1) is 15.3. The molecule has 0 spiro atoms. The number of benzene rings is 1. The Morgan fingerprint density at radius 2 is 2.12 bits per heavy atom. The number of nitrogens with zero attached hydrogens (tertiary/aromatic N) is 3. The van der Waals surface area contributed by atoms with Crippen molar-refractivity contribution in [3.8, 4) is 17.0 Å². The third-order valence-electron chi connectivity index (χ3n) is 5.11. The van der Waals surface area contributed by atoms with Crippen LogP contribution < -0.4 is 15.0 Å². The Balaban J connectivity index is 1.54. The van der Waals surface area contributed by atoms with E-state index in [2.05, 4.69) is 30.1 Å². The van der Waals surface area contributed by atoms with E-state index in [1.54, 1.807) is 18.3 Å². The molecule has 0 saturated carbocycles. The lowest BCUT2D eigenvalue weighted by Crippen LogP contribution is -2.23. The van der Waals surface area contributed by atoms with E-state index in [0.717, 1.165) is 13.0 Å². The fourth-order valence-corrected chi connectivity index (χ4v) is 3.64. The molecule has 0 aliphatic carbocycles.